The summed E-state index contributed by atoms with van der Waals surface area (Å²) in [5.74, 6) is 0.571. The molecule has 27 heavy (non-hydrogen) atoms. The highest BCUT2D eigenvalue weighted by Crippen LogP contribution is 2.33. The molecule has 0 saturated heterocycles. The van der Waals surface area contributed by atoms with Gasteiger partial charge in [-0.2, -0.15) is 0 Å². The molecule has 0 saturated carbocycles. The lowest BCUT2D eigenvalue weighted by molar-refractivity contribution is -0.122. The van der Waals surface area contributed by atoms with E-state index < -0.39 is 6.10 Å². The summed E-state index contributed by atoms with van der Waals surface area (Å²) in [5, 5.41) is 3.00. The molecule has 4 heteroatoms. The lowest BCUT2D eigenvalue weighted by Gasteiger charge is -2.18. The summed E-state index contributed by atoms with van der Waals surface area (Å²) in [7, 11) is 0. The number of rotatable bonds is 6. The molecule has 0 spiro atoms. The Kier molecular flexibility index (Phi) is 6.20. The summed E-state index contributed by atoms with van der Waals surface area (Å²) in [6.07, 6.45) is -0.597. The Bertz CT molecular complexity index is 925. The van der Waals surface area contributed by atoms with Crippen LogP contribution in [0.3, 0.4) is 0 Å². The van der Waals surface area contributed by atoms with Crippen LogP contribution in [0.2, 0.25) is 0 Å². The quantitative estimate of drug-likeness (QED) is 0.585. The van der Waals surface area contributed by atoms with Crippen molar-refractivity contribution >= 4 is 23.4 Å². The SMILES string of the molecule is Cc1ccc(C)c(O[C@H](C)C(=O)Nc2ccccc2Sc2ccccc2)c1. The number of nitrogens with one attached hydrogen (secondary N) is 1. The third-order valence-corrected chi connectivity index (χ3v) is 5.22. The second kappa shape index (κ2) is 8.78. The monoisotopic (exact) mass is 377 g/mol. The normalized spacial score (nSPS) is 11.7. The molecule has 0 aliphatic carbocycles. The van der Waals surface area contributed by atoms with Crippen LogP contribution in [0.15, 0.2) is 82.6 Å². The number of aryl methyl sites for hydroxylation is 2. The molecular weight excluding hydrogens is 354 g/mol. The number of hydrogen-bond acceptors (Lipinski definition) is 3. The summed E-state index contributed by atoms with van der Waals surface area (Å²) in [6.45, 7) is 5.75. The third-order valence-electron chi connectivity index (χ3n) is 4.13. The molecule has 0 aliphatic heterocycles. The zero-order valence-electron chi connectivity index (χ0n) is 15.7. The molecule has 0 radical (unpaired) electrons. The molecule has 0 aliphatic rings. The van der Waals surface area contributed by atoms with Crippen LogP contribution >= 0.6 is 11.8 Å². The van der Waals surface area contributed by atoms with Crippen molar-refractivity contribution in [3.8, 4) is 5.75 Å². The van der Waals surface area contributed by atoms with Crippen LogP contribution in [0, 0.1) is 13.8 Å². The van der Waals surface area contributed by atoms with Gasteiger partial charge >= 0.3 is 0 Å². The maximum absolute atomic E-state index is 12.7. The van der Waals surface area contributed by atoms with Gasteiger partial charge in [0.1, 0.15) is 5.75 Å². The van der Waals surface area contributed by atoms with E-state index in [1.54, 1.807) is 18.7 Å². The van der Waals surface area contributed by atoms with Crippen molar-refractivity contribution < 1.29 is 9.53 Å². The molecule has 0 heterocycles. The maximum atomic E-state index is 12.7. The van der Waals surface area contributed by atoms with Crippen molar-refractivity contribution in [3.05, 3.63) is 83.9 Å². The first-order valence-electron chi connectivity index (χ1n) is 8.89. The smallest absolute Gasteiger partial charge is 0.265 e. The number of carbonyl (C=O) groups is 1. The zero-order chi connectivity index (χ0) is 19.2. The van der Waals surface area contributed by atoms with Gasteiger partial charge in [0.05, 0.1) is 5.69 Å². The molecule has 0 bridgehead atoms. The van der Waals surface area contributed by atoms with E-state index >= 15 is 0 Å². The number of para-hydroxylation sites is 1. The Morgan fingerprint density at radius 2 is 1.67 bits per heavy atom. The maximum Gasteiger partial charge on any atom is 0.265 e. The highest BCUT2D eigenvalue weighted by Gasteiger charge is 2.17. The fraction of sp³-hybridized carbons (Fsp3) is 0.174. The van der Waals surface area contributed by atoms with E-state index in [-0.39, 0.29) is 5.91 Å². The number of carbonyl (C=O) groups excluding carboxylic acids is 1. The van der Waals surface area contributed by atoms with Crippen molar-refractivity contribution in [2.75, 3.05) is 5.32 Å². The Morgan fingerprint density at radius 3 is 2.44 bits per heavy atom. The van der Waals surface area contributed by atoms with E-state index in [0.29, 0.717) is 0 Å². The van der Waals surface area contributed by atoms with E-state index in [2.05, 4.69) is 17.4 Å². The van der Waals surface area contributed by atoms with Crippen molar-refractivity contribution in [1.29, 1.82) is 0 Å². The molecule has 1 atom stereocenters. The van der Waals surface area contributed by atoms with Crippen molar-refractivity contribution in [3.63, 3.8) is 0 Å². The van der Waals surface area contributed by atoms with Gasteiger partial charge < -0.3 is 10.1 Å². The van der Waals surface area contributed by atoms with Gasteiger partial charge in [0.2, 0.25) is 0 Å². The lowest BCUT2D eigenvalue weighted by atomic mass is 10.1. The highest BCUT2D eigenvalue weighted by molar-refractivity contribution is 7.99. The predicted octanol–water partition coefficient (Wildman–Crippen LogP) is 5.86. The molecule has 1 amide bonds. The molecule has 0 aromatic heterocycles. The molecule has 3 aromatic carbocycles. The summed E-state index contributed by atoms with van der Waals surface area (Å²) < 4.78 is 5.90. The van der Waals surface area contributed by atoms with Crippen LogP contribution in [-0.2, 0) is 4.79 Å². The second-order valence-corrected chi connectivity index (χ2v) is 7.54. The van der Waals surface area contributed by atoms with Crippen LogP contribution in [0.5, 0.6) is 5.75 Å². The molecule has 138 valence electrons. The first-order valence-corrected chi connectivity index (χ1v) is 9.71. The largest absolute Gasteiger partial charge is 0.481 e. The minimum Gasteiger partial charge on any atom is -0.481 e. The topological polar surface area (TPSA) is 38.3 Å². The van der Waals surface area contributed by atoms with Crippen LogP contribution in [-0.4, -0.2) is 12.0 Å². The highest BCUT2D eigenvalue weighted by atomic mass is 32.2. The summed E-state index contributed by atoms with van der Waals surface area (Å²) in [5.41, 5.74) is 2.90. The standard InChI is InChI=1S/C23H23NO2S/c1-16-13-14-17(2)21(15-16)26-18(3)23(25)24-20-11-7-8-12-22(20)27-19-9-5-4-6-10-19/h4-15,18H,1-3H3,(H,24,25)/t18-/m1/s1. The minimum absolute atomic E-state index is 0.169. The van der Waals surface area contributed by atoms with Gasteiger partial charge in [-0.1, -0.05) is 54.2 Å². The third kappa shape index (κ3) is 5.14. The second-order valence-electron chi connectivity index (χ2n) is 6.43. The molecule has 0 fully saturated rings. The van der Waals surface area contributed by atoms with Crippen LogP contribution in [0.1, 0.15) is 18.1 Å². The van der Waals surface area contributed by atoms with E-state index in [1.807, 2.05) is 74.5 Å². The number of anilines is 1. The summed E-state index contributed by atoms with van der Waals surface area (Å²) >= 11 is 1.62. The average molecular weight is 378 g/mol. The van der Waals surface area contributed by atoms with E-state index in [0.717, 1.165) is 32.4 Å². The van der Waals surface area contributed by atoms with E-state index in [9.17, 15) is 4.79 Å². The molecule has 0 unspecified atom stereocenters. The van der Waals surface area contributed by atoms with Gasteiger partial charge in [-0.15, -0.1) is 0 Å². The predicted molar refractivity (Wildman–Crippen MR) is 112 cm³/mol. The molecule has 3 aromatic rings. The fourth-order valence-electron chi connectivity index (χ4n) is 2.59. The van der Waals surface area contributed by atoms with Gasteiger partial charge in [0.25, 0.3) is 5.91 Å². The first-order chi connectivity index (χ1) is 13.0. The van der Waals surface area contributed by atoms with Crippen molar-refractivity contribution in [1.82, 2.24) is 0 Å². The van der Waals surface area contributed by atoms with Crippen molar-refractivity contribution in [2.24, 2.45) is 0 Å². The van der Waals surface area contributed by atoms with Gasteiger partial charge in [-0.3, -0.25) is 4.79 Å². The molecule has 1 N–H and O–H groups in total. The van der Waals surface area contributed by atoms with Gasteiger partial charge in [-0.25, -0.2) is 0 Å². The Morgan fingerprint density at radius 1 is 0.963 bits per heavy atom. The minimum atomic E-state index is -0.597. The van der Waals surface area contributed by atoms with E-state index in [4.69, 9.17) is 4.74 Å². The lowest BCUT2D eigenvalue weighted by Crippen LogP contribution is -2.30. The van der Waals surface area contributed by atoms with Crippen LogP contribution in [0.25, 0.3) is 0 Å². The Hall–Kier alpha value is -2.72. The average Bonchev–Trinajstić information content (AvgIpc) is 2.67. The Balaban J connectivity index is 1.71. The number of amides is 1. The zero-order valence-corrected chi connectivity index (χ0v) is 16.5. The van der Waals surface area contributed by atoms with Gasteiger partial charge in [-0.05, 0) is 62.2 Å². The molecule has 3 nitrogen and oxygen atoms in total. The van der Waals surface area contributed by atoms with Gasteiger partial charge in [0, 0.05) is 9.79 Å². The number of benzene rings is 3. The van der Waals surface area contributed by atoms with Crippen molar-refractivity contribution in [2.45, 2.75) is 36.7 Å². The summed E-state index contributed by atoms with van der Waals surface area (Å²) in [4.78, 5) is 14.8. The first kappa shape index (κ1) is 19.1. The molecular formula is C23H23NO2S. The fourth-order valence-corrected chi connectivity index (χ4v) is 3.51. The van der Waals surface area contributed by atoms with Crippen LogP contribution < -0.4 is 10.1 Å². The molecule has 3 rings (SSSR count). The van der Waals surface area contributed by atoms with Crippen LogP contribution in [0.4, 0.5) is 5.69 Å². The summed E-state index contributed by atoms with van der Waals surface area (Å²) in [6, 6.07) is 23.9. The Labute approximate surface area is 164 Å². The number of hydrogen-bond donors (Lipinski definition) is 1. The van der Waals surface area contributed by atoms with Gasteiger partial charge in [0.15, 0.2) is 6.10 Å². The number of ether oxygens (including phenoxy) is 1. The van der Waals surface area contributed by atoms with E-state index in [1.165, 1.54) is 0 Å².